The lowest BCUT2D eigenvalue weighted by atomic mass is 9.84. The lowest BCUT2D eigenvalue weighted by Crippen LogP contribution is -2.32. The topological polar surface area (TPSA) is 70.4 Å². The van der Waals surface area contributed by atoms with E-state index >= 15 is 0 Å². The third kappa shape index (κ3) is 3.25. The van der Waals surface area contributed by atoms with Gasteiger partial charge in [-0.05, 0) is 47.5 Å². The van der Waals surface area contributed by atoms with Gasteiger partial charge in [0, 0.05) is 15.6 Å². The normalized spacial score (nSPS) is 18.2. The van der Waals surface area contributed by atoms with Crippen LogP contribution < -0.4 is 19.5 Å². The Morgan fingerprint density at radius 2 is 1.79 bits per heavy atom. The molecular formula is C26H21BrN4O3. The summed E-state index contributed by atoms with van der Waals surface area (Å²) in [5.74, 6) is 2.81. The van der Waals surface area contributed by atoms with E-state index in [0.29, 0.717) is 17.4 Å². The number of hydrogen-bond acceptors (Lipinski definition) is 6. The number of methoxy groups -OCH3 is 2. The zero-order chi connectivity index (χ0) is 23.2. The maximum absolute atomic E-state index is 6.65. The Morgan fingerprint density at radius 1 is 0.941 bits per heavy atom. The minimum atomic E-state index is -0.342. The van der Waals surface area contributed by atoms with Gasteiger partial charge in [0.05, 0.1) is 19.9 Å². The van der Waals surface area contributed by atoms with E-state index in [0.717, 1.165) is 38.2 Å². The predicted molar refractivity (Wildman–Crippen MR) is 132 cm³/mol. The highest BCUT2D eigenvalue weighted by molar-refractivity contribution is 9.10. The quantitative estimate of drug-likeness (QED) is 0.379. The fraction of sp³-hybridized carbons (Fsp3) is 0.154. The third-order valence-corrected chi connectivity index (χ3v) is 6.69. The summed E-state index contributed by atoms with van der Waals surface area (Å²) in [5, 5.41) is 8.10. The van der Waals surface area contributed by atoms with Crippen LogP contribution in [0.25, 0.3) is 5.70 Å². The number of halogens is 1. The molecule has 0 unspecified atom stereocenters. The second-order valence-electron chi connectivity index (χ2n) is 8.05. The lowest BCUT2D eigenvalue weighted by molar-refractivity contribution is 0.223. The van der Waals surface area contributed by atoms with Gasteiger partial charge in [0.2, 0.25) is 5.95 Å². The summed E-state index contributed by atoms with van der Waals surface area (Å²) in [4.78, 5) is 4.49. The van der Waals surface area contributed by atoms with E-state index in [4.69, 9.17) is 14.2 Å². The van der Waals surface area contributed by atoms with Gasteiger partial charge >= 0.3 is 0 Å². The van der Waals surface area contributed by atoms with Gasteiger partial charge in [-0.2, -0.15) is 10.1 Å². The molecule has 0 amide bonds. The Hall–Kier alpha value is -3.78. The molecule has 0 spiro atoms. The molecule has 0 fully saturated rings. The predicted octanol–water partition coefficient (Wildman–Crippen LogP) is 5.62. The van der Waals surface area contributed by atoms with Crippen molar-refractivity contribution in [2.45, 2.75) is 12.1 Å². The van der Waals surface area contributed by atoms with E-state index in [1.165, 1.54) is 0 Å². The maximum atomic E-state index is 6.65. The number of rotatable bonds is 4. The molecule has 4 aromatic rings. The fourth-order valence-corrected chi connectivity index (χ4v) is 5.12. The molecule has 170 valence electrons. The monoisotopic (exact) mass is 516 g/mol. The van der Waals surface area contributed by atoms with Crippen LogP contribution in [0, 0.1) is 0 Å². The zero-order valence-corrected chi connectivity index (χ0v) is 20.1. The Balaban J connectivity index is 1.62. The average Bonchev–Trinajstić information content (AvgIpc) is 3.35. The second-order valence-corrected chi connectivity index (χ2v) is 8.97. The van der Waals surface area contributed by atoms with Gasteiger partial charge in [0.25, 0.3) is 0 Å². The molecule has 3 aromatic carbocycles. The minimum absolute atomic E-state index is 0.272. The molecule has 6 rings (SSSR count). The Labute approximate surface area is 205 Å². The van der Waals surface area contributed by atoms with Crippen molar-refractivity contribution in [3.63, 3.8) is 0 Å². The van der Waals surface area contributed by atoms with E-state index in [-0.39, 0.29) is 12.1 Å². The van der Waals surface area contributed by atoms with Gasteiger partial charge in [-0.25, -0.2) is 4.68 Å². The van der Waals surface area contributed by atoms with Crippen LogP contribution in [0.5, 0.6) is 17.2 Å². The Kier molecular flexibility index (Phi) is 5.03. The first kappa shape index (κ1) is 20.8. The number of para-hydroxylation sites is 1. The summed E-state index contributed by atoms with van der Waals surface area (Å²) in [6, 6.07) is 21.9. The molecule has 0 bridgehead atoms. The van der Waals surface area contributed by atoms with Crippen molar-refractivity contribution < 1.29 is 14.2 Å². The molecule has 1 aromatic heterocycles. The average molecular weight is 517 g/mol. The van der Waals surface area contributed by atoms with E-state index in [9.17, 15) is 0 Å². The van der Waals surface area contributed by atoms with Gasteiger partial charge in [-0.1, -0.05) is 46.3 Å². The van der Waals surface area contributed by atoms with Gasteiger partial charge in [0.1, 0.15) is 24.2 Å². The van der Waals surface area contributed by atoms with E-state index in [1.54, 1.807) is 20.5 Å². The van der Waals surface area contributed by atoms with Crippen molar-refractivity contribution in [1.82, 2.24) is 14.8 Å². The molecule has 2 atom stereocenters. The summed E-state index contributed by atoms with van der Waals surface area (Å²) >= 11 is 3.62. The highest BCUT2D eigenvalue weighted by Gasteiger charge is 2.41. The highest BCUT2D eigenvalue weighted by atomic mass is 79.9. The van der Waals surface area contributed by atoms with Crippen LogP contribution in [-0.2, 0) is 0 Å². The summed E-state index contributed by atoms with van der Waals surface area (Å²) in [6.07, 6.45) is 1.22. The smallest absolute Gasteiger partial charge is 0.226 e. The number of ether oxygens (including phenoxy) is 3. The van der Waals surface area contributed by atoms with Crippen molar-refractivity contribution in [2.75, 3.05) is 19.5 Å². The first-order valence-electron chi connectivity index (χ1n) is 10.8. The van der Waals surface area contributed by atoms with Gasteiger partial charge in [0.15, 0.2) is 11.5 Å². The summed E-state index contributed by atoms with van der Waals surface area (Å²) < 4.78 is 20.6. The van der Waals surface area contributed by atoms with Crippen molar-refractivity contribution in [1.29, 1.82) is 0 Å². The molecule has 3 heterocycles. The van der Waals surface area contributed by atoms with Crippen LogP contribution in [0.2, 0.25) is 0 Å². The number of nitrogens with zero attached hydrogens (tertiary/aromatic N) is 3. The van der Waals surface area contributed by atoms with Crippen molar-refractivity contribution in [3.8, 4) is 17.2 Å². The van der Waals surface area contributed by atoms with Crippen LogP contribution in [0.15, 0.2) is 83.1 Å². The fourth-order valence-electron chi connectivity index (χ4n) is 4.71. The highest BCUT2D eigenvalue weighted by Crippen LogP contribution is 2.51. The largest absolute Gasteiger partial charge is 0.493 e. The summed E-state index contributed by atoms with van der Waals surface area (Å²) in [7, 11) is 3.27. The molecule has 1 N–H and O–H groups in total. The van der Waals surface area contributed by atoms with Gasteiger partial charge in [-0.3, -0.25) is 0 Å². The molecule has 8 heteroatoms. The lowest BCUT2D eigenvalue weighted by Gasteiger charge is -2.39. The maximum Gasteiger partial charge on any atom is 0.226 e. The second kappa shape index (κ2) is 8.22. The Morgan fingerprint density at radius 3 is 2.62 bits per heavy atom. The van der Waals surface area contributed by atoms with Crippen molar-refractivity contribution in [3.05, 3.63) is 99.8 Å². The van der Waals surface area contributed by atoms with Crippen molar-refractivity contribution >= 4 is 27.6 Å². The van der Waals surface area contributed by atoms with Gasteiger partial charge < -0.3 is 19.5 Å². The first-order chi connectivity index (χ1) is 16.7. The molecule has 2 aliphatic rings. The minimum Gasteiger partial charge on any atom is -0.493 e. The summed E-state index contributed by atoms with van der Waals surface area (Å²) in [5.41, 5.74) is 5.03. The number of hydrogen-bond donors (Lipinski definition) is 1. The molecule has 0 saturated heterocycles. The molecule has 0 aliphatic carbocycles. The van der Waals surface area contributed by atoms with E-state index in [1.807, 2.05) is 53.2 Å². The van der Waals surface area contributed by atoms with Crippen LogP contribution in [-0.4, -0.2) is 29.0 Å². The molecular weight excluding hydrogens is 496 g/mol. The number of fused-ring (bicyclic) bond motifs is 3. The zero-order valence-electron chi connectivity index (χ0n) is 18.5. The van der Waals surface area contributed by atoms with Crippen molar-refractivity contribution in [2.24, 2.45) is 0 Å². The number of benzene rings is 3. The molecule has 7 nitrogen and oxygen atoms in total. The van der Waals surface area contributed by atoms with Crippen LogP contribution >= 0.6 is 15.9 Å². The molecule has 2 aliphatic heterocycles. The van der Waals surface area contributed by atoms with E-state index in [2.05, 4.69) is 49.5 Å². The van der Waals surface area contributed by atoms with Gasteiger partial charge in [-0.15, -0.1) is 0 Å². The third-order valence-electron chi connectivity index (χ3n) is 6.20. The number of nitrogens with one attached hydrogen (secondary N) is 1. The standard InChI is InChI=1S/C26H21BrN4O3/c1-32-20-11-10-15(13-21(20)33-2)24-22-23(30-26-28-14-29-31(24)26)18-8-3-4-9-19(18)34-25(22)16-6-5-7-17(27)12-16/h3-14,24-25H,1-2H3,(H,28,29,30)/t24-,25+/m0/s1. The molecule has 0 radical (unpaired) electrons. The van der Waals surface area contributed by atoms with Crippen LogP contribution in [0.1, 0.15) is 28.8 Å². The van der Waals surface area contributed by atoms with Crippen LogP contribution in [0.4, 0.5) is 5.95 Å². The van der Waals surface area contributed by atoms with E-state index < -0.39 is 0 Å². The first-order valence-corrected chi connectivity index (χ1v) is 11.6. The Bertz CT molecular complexity index is 1430. The summed E-state index contributed by atoms with van der Waals surface area (Å²) in [6.45, 7) is 0. The molecule has 0 saturated carbocycles. The molecule has 34 heavy (non-hydrogen) atoms. The van der Waals surface area contributed by atoms with Crippen LogP contribution in [0.3, 0.4) is 0 Å². The number of aromatic nitrogens is 3. The SMILES string of the molecule is COc1ccc([C@H]2C3=C(Nc4ncnn42)c2ccccc2O[C@@H]3c2cccc(Br)c2)cc1OC. The number of anilines is 1.